The second-order valence-corrected chi connectivity index (χ2v) is 8.38. The molecule has 112 valence electrons. The zero-order valence-corrected chi connectivity index (χ0v) is 14.9. The number of halogens is 2. The molecule has 1 aliphatic rings. The number of nitrogens with two attached hydrogens (primary N) is 1. The highest BCUT2D eigenvalue weighted by molar-refractivity contribution is 9.11. The number of nitrogens with zero attached hydrogens (tertiary/aromatic N) is 1. The van der Waals surface area contributed by atoms with Crippen LogP contribution in [0.4, 0.5) is 0 Å². The van der Waals surface area contributed by atoms with E-state index in [0.29, 0.717) is 17.6 Å². The van der Waals surface area contributed by atoms with Gasteiger partial charge in [0, 0.05) is 28.1 Å². The predicted octanol–water partition coefficient (Wildman–Crippen LogP) is 1.95. The van der Waals surface area contributed by atoms with Gasteiger partial charge in [0.1, 0.15) is 0 Å². The molecule has 0 spiro atoms. The Morgan fingerprint density at radius 2 is 2.15 bits per heavy atom. The molecular weight excluding hydrogens is 412 g/mol. The predicted molar refractivity (Wildman–Crippen MR) is 84.0 cm³/mol. The van der Waals surface area contributed by atoms with Crippen LogP contribution in [0.1, 0.15) is 6.92 Å². The van der Waals surface area contributed by atoms with Crippen molar-refractivity contribution >= 4 is 41.9 Å². The number of sulfonamides is 1. The first-order chi connectivity index (χ1) is 9.32. The maximum Gasteiger partial charge on any atom is 0.244 e. The standard InChI is InChI=1S/C12H16Br2N2O3S/c1-8(15)11-7-16(4-5-19-11)20(17,18)12-3-2-9(13)6-10(12)14/h2-3,6,8,11H,4-5,7,15H2,1H3. The van der Waals surface area contributed by atoms with Crippen LogP contribution in [0.15, 0.2) is 32.0 Å². The summed E-state index contributed by atoms with van der Waals surface area (Å²) >= 11 is 6.61. The number of hydrogen-bond acceptors (Lipinski definition) is 4. The van der Waals surface area contributed by atoms with Gasteiger partial charge in [0.25, 0.3) is 0 Å². The summed E-state index contributed by atoms with van der Waals surface area (Å²) in [5.41, 5.74) is 5.80. The monoisotopic (exact) mass is 426 g/mol. The van der Waals surface area contributed by atoms with Gasteiger partial charge in [-0.1, -0.05) is 15.9 Å². The second kappa shape index (κ2) is 6.41. The Morgan fingerprint density at radius 3 is 2.75 bits per heavy atom. The van der Waals surface area contributed by atoms with Crippen molar-refractivity contribution in [1.82, 2.24) is 4.31 Å². The molecule has 5 nitrogen and oxygen atoms in total. The first-order valence-electron chi connectivity index (χ1n) is 6.15. The van der Waals surface area contributed by atoms with Crippen LogP contribution in [0, 0.1) is 0 Å². The highest BCUT2D eigenvalue weighted by atomic mass is 79.9. The van der Waals surface area contributed by atoms with Gasteiger partial charge in [0.05, 0.1) is 17.6 Å². The summed E-state index contributed by atoms with van der Waals surface area (Å²) in [5, 5.41) is 0. The van der Waals surface area contributed by atoms with E-state index in [0.717, 1.165) is 4.47 Å². The van der Waals surface area contributed by atoms with Crippen molar-refractivity contribution < 1.29 is 13.2 Å². The van der Waals surface area contributed by atoms with Crippen molar-refractivity contribution in [3.05, 3.63) is 27.1 Å². The molecule has 0 aliphatic carbocycles. The molecule has 2 N–H and O–H groups in total. The Balaban J connectivity index is 2.30. The number of rotatable bonds is 3. The van der Waals surface area contributed by atoms with Crippen LogP contribution < -0.4 is 5.73 Å². The maximum atomic E-state index is 12.7. The van der Waals surface area contributed by atoms with Crippen LogP contribution in [0.25, 0.3) is 0 Å². The Hall–Kier alpha value is 0.01000. The minimum absolute atomic E-state index is 0.207. The van der Waals surface area contributed by atoms with Crippen LogP contribution in [-0.4, -0.2) is 44.6 Å². The molecule has 0 bridgehead atoms. The van der Waals surface area contributed by atoms with E-state index < -0.39 is 10.0 Å². The Labute approximate surface area is 135 Å². The lowest BCUT2D eigenvalue weighted by atomic mass is 10.2. The zero-order valence-electron chi connectivity index (χ0n) is 10.9. The highest BCUT2D eigenvalue weighted by Gasteiger charge is 2.33. The van der Waals surface area contributed by atoms with E-state index in [9.17, 15) is 8.42 Å². The molecule has 1 aromatic carbocycles. The minimum atomic E-state index is -3.55. The largest absolute Gasteiger partial charge is 0.374 e. The van der Waals surface area contributed by atoms with Crippen LogP contribution >= 0.6 is 31.9 Å². The third-order valence-electron chi connectivity index (χ3n) is 3.15. The second-order valence-electron chi connectivity index (χ2n) is 4.71. The van der Waals surface area contributed by atoms with Gasteiger partial charge in [-0.15, -0.1) is 0 Å². The summed E-state index contributed by atoms with van der Waals surface area (Å²) < 4.78 is 33.6. The van der Waals surface area contributed by atoms with Gasteiger partial charge >= 0.3 is 0 Å². The number of morpholine rings is 1. The van der Waals surface area contributed by atoms with Gasteiger partial charge < -0.3 is 10.5 Å². The lowest BCUT2D eigenvalue weighted by Gasteiger charge is -2.34. The fourth-order valence-corrected chi connectivity index (χ4v) is 5.15. The van der Waals surface area contributed by atoms with Crippen molar-refractivity contribution in [1.29, 1.82) is 0 Å². The smallest absolute Gasteiger partial charge is 0.244 e. The van der Waals surface area contributed by atoms with E-state index in [1.165, 1.54) is 4.31 Å². The van der Waals surface area contributed by atoms with E-state index >= 15 is 0 Å². The maximum absolute atomic E-state index is 12.7. The Morgan fingerprint density at radius 1 is 1.45 bits per heavy atom. The number of hydrogen-bond donors (Lipinski definition) is 1. The van der Waals surface area contributed by atoms with Gasteiger partial charge in [-0.25, -0.2) is 8.42 Å². The topological polar surface area (TPSA) is 72.6 Å². The van der Waals surface area contributed by atoms with Gasteiger partial charge in [-0.3, -0.25) is 0 Å². The quantitative estimate of drug-likeness (QED) is 0.799. The molecule has 0 saturated carbocycles. The molecule has 1 aliphatic heterocycles. The molecule has 8 heteroatoms. The van der Waals surface area contributed by atoms with E-state index in [-0.39, 0.29) is 23.6 Å². The number of ether oxygens (including phenoxy) is 1. The Bertz CT molecular complexity index is 592. The normalized spacial score (nSPS) is 22.7. The van der Waals surface area contributed by atoms with E-state index in [4.69, 9.17) is 10.5 Å². The zero-order chi connectivity index (χ0) is 14.9. The molecule has 1 fully saturated rings. The third kappa shape index (κ3) is 3.42. The SMILES string of the molecule is CC(N)C1CN(S(=O)(=O)c2ccc(Br)cc2Br)CCO1. The first-order valence-corrected chi connectivity index (χ1v) is 9.17. The molecule has 2 atom stereocenters. The summed E-state index contributed by atoms with van der Waals surface area (Å²) in [6, 6.07) is 4.80. The molecule has 2 rings (SSSR count). The van der Waals surface area contributed by atoms with Crippen LogP contribution in [0.5, 0.6) is 0 Å². The van der Waals surface area contributed by atoms with Crippen molar-refractivity contribution in [2.45, 2.75) is 24.0 Å². The van der Waals surface area contributed by atoms with E-state index in [2.05, 4.69) is 31.9 Å². The summed E-state index contributed by atoms with van der Waals surface area (Å²) in [6.45, 7) is 2.80. The van der Waals surface area contributed by atoms with Crippen LogP contribution in [-0.2, 0) is 14.8 Å². The average molecular weight is 428 g/mol. The molecule has 1 saturated heterocycles. The third-order valence-corrected chi connectivity index (χ3v) is 6.49. The molecule has 1 aromatic rings. The molecule has 20 heavy (non-hydrogen) atoms. The molecule has 2 unspecified atom stereocenters. The van der Waals surface area contributed by atoms with Crippen molar-refractivity contribution in [3.8, 4) is 0 Å². The van der Waals surface area contributed by atoms with Crippen molar-refractivity contribution in [2.75, 3.05) is 19.7 Å². The summed E-state index contributed by atoms with van der Waals surface area (Å²) in [5.74, 6) is 0. The molecule has 0 amide bonds. The fraction of sp³-hybridized carbons (Fsp3) is 0.500. The van der Waals surface area contributed by atoms with Crippen LogP contribution in [0.2, 0.25) is 0 Å². The van der Waals surface area contributed by atoms with Crippen molar-refractivity contribution in [2.24, 2.45) is 5.73 Å². The summed E-state index contributed by atoms with van der Waals surface area (Å²) in [6.07, 6.45) is -0.271. The van der Waals surface area contributed by atoms with Gasteiger partial charge in [0.15, 0.2) is 0 Å². The highest BCUT2D eigenvalue weighted by Crippen LogP contribution is 2.29. The summed E-state index contributed by atoms with van der Waals surface area (Å²) in [7, 11) is -3.55. The van der Waals surface area contributed by atoms with Gasteiger partial charge in [0.2, 0.25) is 10.0 Å². The Kier molecular flexibility index (Phi) is 5.25. The van der Waals surface area contributed by atoms with E-state index in [1.54, 1.807) is 18.2 Å². The van der Waals surface area contributed by atoms with Gasteiger partial charge in [-0.2, -0.15) is 4.31 Å². The lowest BCUT2D eigenvalue weighted by molar-refractivity contribution is -0.0120. The van der Waals surface area contributed by atoms with Gasteiger partial charge in [-0.05, 0) is 41.1 Å². The molecule has 0 radical (unpaired) electrons. The number of benzene rings is 1. The lowest BCUT2D eigenvalue weighted by Crippen LogP contribution is -2.51. The molecule has 0 aromatic heterocycles. The first kappa shape index (κ1) is 16.4. The summed E-state index contributed by atoms with van der Waals surface area (Å²) in [4.78, 5) is 0.256. The fourth-order valence-electron chi connectivity index (χ4n) is 2.01. The molecular formula is C12H16Br2N2O3S. The van der Waals surface area contributed by atoms with E-state index in [1.807, 2.05) is 6.92 Å². The van der Waals surface area contributed by atoms with Crippen LogP contribution in [0.3, 0.4) is 0 Å². The van der Waals surface area contributed by atoms with Crippen molar-refractivity contribution in [3.63, 3.8) is 0 Å². The average Bonchev–Trinajstić information content (AvgIpc) is 2.38. The minimum Gasteiger partial charge on any atom is -0.374 e. The molecule has 1 heterocycles.